The van der Waals surface area contributed by atoms with E-state index in [2.05, 4.69) is 4.98 Å². The average Bonchev–Trinajstić information content (AvgIpc) is 2.94. The van der Waals surface area contributed by atoms with Crippen molar-refractivity contribution in [3.8, 4) is 0 Å². The lowest BCUT2D eigenvalue weighted by Gasteiger charge is -2.24. The third kappa shape index (κ3) is 2.92. The molecule has 0 aliphatic carbocycles. The second kappa shape index (κ2) is 6.63. The summed E-state index contributed by atoms with van der Waals surface area (Å²) in [5.41, 5.74) is 2.33. The highest BCUT2D eigenvalue weighted by molar-refractivity contribution is 5.99. The molecule has 6 nitrogen and oxygen atoms in total. The summed E-state index contributed by atoms with van der Waals surface area (Å²) < 4.78 is 5.92. The van der Waals surface area contributed by atoms with Crippen LogP contribution in [0.2, 0.25) is 0 Å². The molecular formula is C21H22N3O3+. The number of benzene rings is 1. The SMILES string of the molecule is Cc1ccc2oc3c(c(=O)c2c1)[C@@H](c1ccccn1)N(CC[NH+](C)C)C3=O. The minimum atomic E-state index is -0.519. The molecule has 0 fully saturated rings. The van der Waals surface area contributed by atoms with Gasteiger partial charge in [0.05, 0.1) is 43.8 Å². The number of nitrogens with one attached hydrogen (secondary N) is 1. The number of fused-ring (bicyclic) bond motifs is 2. The molecule has 27 heavy (non-hydrogen) atoms. The zero-order valence-electron chi connectivity index (χ0n) is 15.7. The van der Waals surface area contributed by atoms with Crippen molar-refractivity contribution in [2.45, 2.75) is 13.0 Å². The molecule has 1 N–H and O–H groups in total. The molecule has 3 heterocycles. The van der Waals surface area contributed by atoms with Gasteiger partial charge in [-0.25, -0.2) is 0 Å². The molecule has 0 bridgehead atoms. The third-order valence-electron chi connectivity index (χ3n) is 4.94. The second-order valence-corrected chi connectivity index (χ2v) is 7.29. The fourth-order valence-corrected chi connectivity index (χ4v) is 3.55. The van der Waals surface area contributed by atoms with Crippen LogP contribution >= 0.6 is 0 Å². The summed E-state index contributed by atoms with van der Waals surface area (Å²) in [6.45, 7) is 3.21. The van der Waals surface area contributed by atoms with E-state index in [4.69, 9.17) is 4.42 Å². The van der Waals surface area contributed by atoms with Gasteiger partial charge in [0, 0.05) is 6.20 Å². The van der Waals surface area contributed by atoms with Crippen LogP contribution in [0.15, 0.2) is 51.8 Å². The Balaban J connectivity index is 1.95. The number of carbonyl (C=O) groups is 1. The monoisotopic (exact) mass is 364 g/mol. The number of amides is 1. The Morgan fingerprint density at radius 2 is 2.00 bits per heavy atom. The predicted molar refractivity (Wildman–Crippen MR) is 102 cm³/mol. The van der Waals surface area contributed by atoms with E-state index in [0.29, 0.717) is 28.8 Å². The summed E-state index contributed by atoms with van der Waals surface area (Å²) in [5, 5.41) is 0.502. The van der Waals surface area contributed by atoms with Crippen LogP contribution in [0, 0.1) is 6.92 Å². The normalized spacial score (nSPS) is 16.4. The number of aromatic nitrogens is 1. The smallest absolute Gasteiger partial charge is 0.291 e. The second-order valence-electron chi connectivity index (χ2n) is 7.29. The Labute approximate surface area is 157 Å². The number of quaternary nitrogens is 1. The van der Waals surface area contributed by atoms with Gasteiger partial charge in [-0.15, -0.1) is 0 Å². The highest BCUT2D eigenvalue weighted by atomic mass is 16.3. The first-order valence-electron chi connectivity index (χ1n) is 9.05. The largest absolute Gasteiger partial charge is 0.450 e. The number of nitrogens with zero attached hydrogens (tertiary/aromatic N) is 2. The lowest BCUT2D eigenvalue weighted by Crippen LogP contribution is -3.06. The molecule has 1 amide bonds. The highest BCUT2D eigenvalue weighted by Crippen LogP contribution is 2.36. The summed E-state index contributed by atoms with van der Waals surface area (Å²) in [7, 11) is 4.06. The molecule has 1 atom stereocenters. The number of rotatable bonds is 4. The van der Waals surface area contributed by atoms with Crippen molar-refractivity contribution < 1.29 is 14.1 Å². The first-order chi connectivity index (χ1) is 13.0. The van der Waals surface area contributed by atoms with Crippen molar-refractivity contribution in [2.24, 2.45) is 0 Å². The van der Waals surface area contributed by atoms with Crippen LogP contribution in [0.5, 0.6) is 0 Å². The Morgan fingerprint density at radius 3 is 2.70 bits per heavy atom. The molecule has 0 saturated carbocycles. The number of hydrogen-bond donors (Lipinski definition) is 1. The van der Waals surface area contributed by atoms with Gasteiger partial charge in [0.2, 0.25) is 5.76 Å². The highest BCUT2D eigenvalue weighted by Gasteiger charge is 2.43. The molecule has 3 aromatic rings. The van der Waals surface area contributed by atoms with Gasteiger partial charge in [-0.1, -0.05) is 17.7 Å². The van der Waals surface area contributed by atoms with Gasteiger partial charge in [-0.2, -0.15) is 0 Å². The van der Waals surface area contributed by atoms with E-state index >= 15 is 0 Å². The van der Waals surface area contributed by atoms with Crippen LogP contribution in [0.4, 0.5) is 0 Å². The fourth-order valence-electron chi connectivity index (χ4n) is 3.55. The van der Waals surface area contributed by atoms with E-state index in [1.807, 2.05) is 51.4 Å². The molecule has 4 rings (SSSR count). The van der Waals surface area contributed by atoms with Crippen LogP contribution in [0.25, 0.3) is 11.0 Å². The van der Waals surface area contributed by atoms with Crippen molar-refractivity contribution in [1.82, 2.24) is 9.88 Å². The van der Waals surface area contributed by atoms with Gasteiger partial charge in [0.25, 0.3) is 5.91 Å². The molecule has 2 aromatic heterocycles. The molecule has 1 aliphatic rings. The molecule has 1 aliphatic heterocycles. The molecule has 0 saturated heterocycles. The number of aryl methyl sites for hydroxylation is 1. The Bertz CT molecular complexity index is 1070. The maximum atomic E-state index is 13.3. The van der Waals surface area contributed by atoms with Crippen LogP contribution in [-0.4, -0.2) is 43.0 Å². The standard InChI is InChI=1S/C21H21N3O3/c1-13-7-8-16-14(12-13)19(25)17-18(15-6-4-5-9-22-15)24(11-10-23(2)3)21(26)20(17)27-16/h4-9,12,18H,10-11H2,1-3H3/p+1/t18-/m1/s1. The summed E-state index contributed by atoms with van der Waals surface area (Å²) in [6.07, 6.45) is 1.68. The van der Waals surface area contributed by atoms with Crippen molar-refractivity contribution in [3.05, 3.63) is 75.4 Å². The molecule has 0 unspecified atom stereocenters. The predicted octanol–water partition coefficient (Wildman–Crippen LogP) is 1.19. The third-order valence-corrected chi connectivity index (χ3v) is 4.94. The zero-order chi connectivity index (χ0) is 19.1. The quantitative estimate of drug-likeness (QED) is 0.755. The van der Waals surface area contributed by atoms with E-state index in [-0.39, 0.29) is 17.1 Å². The topological polar surface area (TPSA) is 67.8 Å². The van der Waals surface area contributed by atoms with E-state index in [1.54, 1.807) is 17.2 Å². The Hall–Kier alpha value is -2.99. The lowest BCUT2D eigenvalue weighted by atomic mass is 10.0. The van der Waals surface area contributed by atoms with E-state index in [9.17, 15) is 9.59 Å². The van der Waals surface area contributed by atoms with Crippen molar-refractivity contribution in [3.63, 3.8) is 0 Å². The fraction of sp³-hybridized carbons (Fsp3) is 0.286. The van der Waals surface area contributed by atoms with Crippen molar-refractivity contribution in [2.75, 3.05) is 27.2 Å². The maximum Gasteiger partial charge on any atom is 0.291 e. The molecule has 0 spiro atoms. The Morgan fingerprint density at radius 1 is 1.19 bits per heavy atom. The first-order valence-corrected chi connectivity index (χ1v) is 9.05. The average molecular weight is 364 g/mol. The lowest BCUT2D eigenvalue weighted by molar-refractivity contribution is -0.857. The van der Waals surface area contributed by atoms with E-state index in [1.165, 1.54) is 4.90 Å². The number of pyridine rings is 1. The molecule has 138 valence electrons. The molecule has 0 radical (unpaired) electrons. The van der Waals surface area contributed by atoms with Crippen LogP contribution in [0.1, 0.15) is 33.4 Å². The number of hydrogen-bond acceptors (Lipinski definition) is 4. The van der Waals surface area contributed by atoms with Gasteiger partial charge < -0.3 is 14.2 Å². The minimum absolute atomic E-state index is 0.140. The molecular weight excluding hydrogens is 342 g/mol. The first kappa shape index (κ1) is 17.4. The summed E-state index contributed by atoms with van der Waals surface area (Å²) >= 11 is 0. The van der Waals surface area contributed by atoms with Gasteiger partial charge in [-0.05, 0) is 31.2 Å². The summed E-state index contributed by atoms with van der Waals surface area (Å²) in [5.74, 6) is -0.109. The number of carbonyl (C=O) groups excluding carboxylic acids is 1. The van der Waals surface area contributed by atoms with Gasteiger partial charge >= 0.3 is 0 Å². The Kier molecular flexibility index (Phi) is 4.28. The minimum Gasteiger partial charge on any atom is -0.450 e. The summed E-state index contributed by atoms with van der Waals surface area (Å²) in [6, 6.07) is 10.5. The van der Waals surface area contributed by atoms with Gasteiger partial charge in [0.1, 0.15) is 11.6 Å². The number of likely N-dealkylation sites (N-methyl/N-ethyl adjacent to an activating group) is 1. The molecule has 1 aromatic carbocycles. The van der Waals surface area contributed by atoms with Crippen LogP contribution in [0.3, 0.4) is 0 Å². The van der Waals surface area contributed by atoms with E-state index in [0.717, 1.165) is 12.1 Å². The maximum absolute atomic E-state index is 13.3. The van der Waals surface area contributed by atoms with E-state index < -0.39 is 6.04 Å². The molecule has 6 heteroatoms. The van der Waals surface area contributed by atoms with Crippen LogP contribution < -0.4 is 10.3 Å². The zero-order valence-corrected chi connectivity index (χ0v) is 15.7. The van der Waals surface area contributed by atoms with Crippen molar-refractivity contribution in [1.29, 1.82) is 0 Å². The van der Waals surface area contributed by atoms with Gasteiger partial charge in [-0.3, -0.25) is 14.6 Å². The van der Waals surface area contributed by atoms with Gasteiger partial charge in [0.15, 0.2) is 5.43 Å². The van der Waals surface area contributed by atoms with Crippen LogP contribution in [-0.2, 0) is 0 Å². The summed E-state index contributed by atoms with van der Waals surface area (Å²) in [4.78, 5) is 33.8. The van der Waals surface area contributed by atoms with Crippen molar-refractivity contribution >= 4 is 16.9 Å².